The average Bonchev–Trinajstić information content (AvgIpc) is 2.49. The summed E-state index contributed by atoms with van der Waals surface area (Å²) in [5, 5.41) is 0. The summed E-state index contributed by atoms with van der Waals surface area (Å²) in [7, 11) is 0. The summed E-state index contributed by atoms with van der Waals surface area (Å²) >= 11 is 1.69. The van der Waals surface area contributed by atoms with Gasteiger partial charge in [0.1, 0.15) is 0 Å². The second-order valence-electron chi connectivity index (χ2n) is 4.92. The van der Waals surface area contributed by atoms with Gasteiger partial charge in [0.05, 0.1) is 5.57 Å². The topological polar surface area (TPSA) is 30.6 Å². The minimum Gasteiger partial charge on any atom is -0.335 e. The van der Waals surface area contributed by atoms with Crippen molar-refractivity contribution in [2.75, 3.05) is 0 Å². The molecule has 2 nitrogen and oxygen atoms in total. The Morgan fingerprint density at radius 2 is 1.43 bits per heavy atom. The zero-order valence-corrected chi connectivity index (χ0v) is 13.3. The Kier molecular flexibility index (Phi) is 5.23. The lowest BCUT2D eigenvalue weighted by Gasteiger charge is -2.01. The summed E-state index contributed by atoms with van der Waals surface area (Å²) < 4.78 is 5.45. The minimum atomic E-state index is -0.0431. The van der Waals surface area contributed by atoms with Crippen molar-refractivity contribution < 1.29 is 9.53 Å². The Hall–Kier alpha value is -2.00. The van der Waals surface area contributed by atoms with Crippen LogP contribution in [0.4, 0.5) is 0 Å². The molecule has 1 N–H and O–H groups in total. The maximum Gasteiger partial charge on any atom is 0.519 e. The first-order chi connectivity index (χ1) is 10.1. The molecule has 0 atom stereocenters. The Bertz CT molecular complexity index is 639. The summed E-state index contributed by atoms with van der Waals surface area (Å²) in [4.78, 5) is 12.2. The quantitative estimate of drug-likeness (QED) is 0.341. The Labute approximate surface area is 129 Å². The SMILES string of the molecule is CC(C)=C(C)C(=[OH+])Oc1ccc(Sc2ccccc2)cc1. The van der Waals surface area contributed by atoms with Crippen LogP contribution >= 0.6 is 11.8 Å². The number of allylic oxidation sites excluding steroid dienone is 1. The molecule has 2 aromatic carbocycles. The van der Waals surface area contributed by atoms with Crippen molar-refractivity contribution in [3.8, 4) is 5.75 Å². The van der Waals surface area contributed by atoms with Gasteiger partial charge in [0.2, 0.25) is 5.75 Å². The molecular formula is C18H19O2S+. The summed E-state index contributed by atoms with van der Waals surface area (Å²) in [5.41, 5.74) is 1.79. The lowest BCUT2D eigenvalue weighted by molar-refractivity contribution is 0.467. The van der Waals surface area contributed by atoms with Gasteiger partial charge in [-0.15, -0.1) is 0 Å². The predicted molar refractivity (Wildman–Crippen MR) is 88.6 cm³/mol. The average molecular weight is 299 g/mol. The normalized spacial score (nSPS) is 10.0. The molecule has 0 aromatic heterocycles. The van der Waals surface area contributed by atoms with E-state index >= 15 is 0 Å². The van der Waals surface area contributed by atoms with E-state index in [0.717, 1.165) is 16.0 Å². The van der Waals surface area contributed by atoms with Gasteiger partial charge in [0.25, 0.3) is 0 Å². The van der Waals surface area contributed by atoms with Crippen LogP contribution in [0.1, 0.15) is 20.8 Å². The predicted octanol–water partition coefficient (Wildman–Crippen LogP) is 5.08. The van der Waals surface area contributed by atoms with Gasteiger partial charge >= 0.3 is 5.97 Å². The summed E-state index contributed by atoms with van der Waals surface area (Å²) in [6.07, 6.45) is 0. The summed E-state index contributed by atoms with van der Waals surface area (Å²) in [5.74, 6) is 0.587. The van der Waals surface area contributed by atoms with Crippen LogP contribution in [-0.4, -0.2) is 10.8 Å². The molecule has 0 radical (unpaired) electrons. The first-order valence-electron chi connectivity index (χ1n) is 6.77. The fourth-order valence-electron chi connectivity index (χ4n) is 1.60. The third-order valence-corrected chi connectivity index (χ3v) is 4.10. The molecular weight excluding hydrogens is 280 g/mol. The highest BCUT2D eigenvalue weighted by molar-refractivity contribution is 7.99. The van der Waals surface area contributed by atoms with E-state index in [1.807, 2.05) is 63.2 Å². The smallest absolute Gasteiger partial charge is 0.335 e. The number of carbonyl (C=O) groups excluding carboxylic acids is 1. The van der Waals surface area contributed by atoms with Crippen LogP contribution in [0.2, 0.25) is 0 Å². The molecule has 21 heavy (non-hydrogen) atoms. The molecule has 0 aliphatic heterocycles. The number of benzene rings is 2. The molecule has 0 fully saturated rings. The molecule has 0 saturated heterocycles. The number of ether oxygens (including phenoxy) is 1. The first kappa shape index (κ1) is 15.4. The minimum absolute atomic E-state index is 0.0431. The fourth-order valence-corrected chi connectivity index (χ4v) is 2.44. The number of rotatable bonds is 4. The number of esters is 1. The first-order valence-corrected chi connectivity index (χ1v) is 7.59. The highest BCUT2D eigenvalue weighted by Gasteiger charge is 2.18. The van der Waals surface area contributed by atoms with E-state index in [-0.39, 0.29) is 5.97 Å². The van der Waals surface area contributed by atoms with Crippen LogP contribution in [0.5, 0.6) is 5.75 Å². The van der Waals surface area contributed by atoms with Crippen molar-refractivity contribution in [3.05, 3.63) is 65.7 Å². The third-order valence-electron chi connectivity index (χ3n) is 3.09. The molecule has 0 aliphatic carbocycles. The highest BCUT2D eigenvalue weighted by Crippen LogP contribution is 2.28. The second-order valence-corrected chi connectivity index (χ2v) is 6.07. The fraction of sp³-hybridized carbons (Fsp3) is 0.167. The van der Waals surface area contributed by atoms with Crippen LogP contribution in [0.3, 0.4) is 0 Å². The van der Waals surface area contributed by atoms with Crippen LogP contribution in [0.25, 0.3) is 0 Å². The molecule has 2 rings (SSSR count). The highest BCUT2D eigenvalue weighted by atomic mass is 32.2. The monoisotopic (exact) mass is 299 g/mol. The van der Waals surface area contributed by atoms with Crippen molar-refractivity contribution in [1.82, 2.24) is 0 Å². The molecule has 0 spiro atoms. The van der Waals surface area contributed by atoms with E-state index in [2.05, 4.69) is 12.1 Å². The van der Waals surface area contributed by atoms with Crippen LogP contribution in [-0.2, 0) is 0 Å². The summed E-state index contributed by atoms with van der Waals surface area (Å²) in [6.45, 7) is 5.72. The van der Waals surface area contributed by atoms with Crippen molar-refractivity contribution in [2.24, 2.45) is 0 Å². The zero-order valence-electron chi connectivity index (χ0n) is 12.5. The molecule has 0 heterocycles. The molecule has 0 bridgehead atoms. The van der Waals surface area contributed by atoms with Gasteiger partial charge in [-0.25, -0.2) is 0 Å². The lowest BCUT2D eigenvalue weighted by Crippen LogP contribution is -2.10. The zero-order chi connectivity index (χ0) is 15.2. The molecule has 0 amide bonds. The van der Waals surface area contributed by atoms with Gasteiger partial charge in [-0.3, -0.25) is 4.74 Å². The number of hydrogen-bond acceptors (Lipinski definition) is 2. The van der Waals surface area contributed by atoms with Crippen LogP contribution in [0, 0.1) is 0 Å². The largest absolute Gasteiger partial charge is 0.519 e. The standard InChI is InChI=1S/C18H18O2S/c1-13(2)14(3)18(19)20-15-9-11-17(12-10-15)21-16-7-5-4-6-8-16/h4-12H,1-3H3/p+1. The van der Waals surface area contributed by atoms with E-state index in [1.165, 1.54) is 4.90 Å². The van der Waals surface area contributed by atoms with Crippen molar-refractivity contribution in [2.45, 2.75) is 30.6 Å². The van der Waals surface area contributed by atoms with Gasteiger partial charge in [0.15, 0.2) is 0 Å². The Balaban J connectivity index is 2.03. The lowest BCUT2D eigenvalue weighted by atomic mass is 10.2. The van der Waals surface area contributed by atoms with E-state index in [4.69, 9.17) is 4.74 Å². The van der Waals surface area contributed by atoms with Crippen LogP contribution in [0.15, 0.2) is 75.5 Å². The molecule has 0 saturated carbocycles. The van der Waals surface area contributed by atoms with E-state index in [9.17, 15) is 4.79 Å². The van der Waals surface area contributed by atoms with Gasteiger partial charge < -0.3 is 4.79 Å². The van der Waals surface area contributed by atoms with E-state index in [1.54, 1.807) is 11.8 Å². The van der Waals surface area contributed by atoms with Crippen LogP contribution < -0.4 is 4.74 Å². The van der Waals surface area contributed by atoms with Gasteiger partial charge in [-0.05, 0) is 45.0 Å². The van der Waals surface area contributed by atoms with Gasteiger partial charge in [-0.2, -0.15) is 0 Å². The third kappa shape index (κ3) is 4.50. The molecule has 108 valence electrons. The number of hydrogen-bond donors (Lipinski definition) is 0. The molecule has 0 aliphatic rings. The van der Waals surface area contributed by atoms with Crippen molar-refractivity contribution in [3.63, 3.8) is 0 Å². The van der Waals surface area contributed by atoms with E-state index < -0.39 is 0 Å². The molecule has 2 aromatic rings. The Morgan fingerprint density at radius 1 is 0.857 bits per heavy atom. The maximum atomic E-state index is 9.88. The maximum absolute atomic E-state index is 9.88. The van der Waals surface area contributed by atoms with E-state index in [0.29, 0.717) is 5.75 Å². The van der Waals surface area contributed by atoms with Crippen molar-refractivity contribution in [1.29, 1.82) is 0 Å². The molecule has 0 unspecified atom stereocenters. The Morgan fingerprint density at radius 3 is 2.00 bits per heavy atom. The second kappa shape index (κ2) is 7.14. The van der Waals surface area contributed by atoms with Gasteiger partial charge in [0, 0.05) is 21.9 Å². The summed E-state index contributed by atoms with van der Waals surface area (Å²) in [6, 6.07) is 17.9. The van der Waals surface area contributed by atoms with Crippen molar-refractivity contribution >= 4 is 17.7 Å². The molecule has 3 heteroatoms. The van der Waals surface area contributed by atoms with Gasteiger partial charge in [-0.1, -0.05) is 35.5 Å².